The number of aliphatic imine (C=N–C) groups is 1. The second kappa shape index (κ2) is 12.2. The number of nitrogens with two attached hydrogens (primary N) is 3. The minimum Gasteiger partial charge on any atom is -0.481 e. The summed E-state index contributed by atoms with van der Waals surface area (Å²) in [5, 5.41) is 15.8. The summed E-state index contributed by atoms with van der Waals surface area (Å²) in [5.74, 6) is -1.99. The highest BCUT2D eigenvalue weighted by molar-refractivity contribution is 5.75. The molecule has 8 N–H and O–H groups in total. The van der Waals surface area contributed by atoms with Crippen LogP contribution in [-0.2, 0) is 9.59 Å². The summed E-state index contributed by atoms with van der Waals surface area (Å²) in [7, 11) is 0. The van der Waals surface area contributed by atoms with Crippen molar-refractivity contribution in [3.05, 3.63) is 0 Å². The van der Waals surface area contributed by atoms with Gasteiger partial charge in [-0.15, -0.1) is 0 Å². The maximum absolute atomic E-state index is 9.64. The van der Waals surface area contributed by atoms with Crippen molar-refractivity contribution in [2.45, 2.75) is 25.7 Å². The SMILES string of the molecule is NCCCCN=C(N)N.O=C(O)CCC(=O)O. The normalized spacial score (nSPS) is 8.76. The van der Waals surface area contributed by atoms with E-state index >= 15 is 0 Å². The van der Waals surface area contributed by atoms with Crippen LogP contribution in [0, 0.1) is 0 Å². The fraction of sp³-hybridized carbons (Fsp3) is 0.667. The number of unbranched alkanes of at least 4 members (excludes halogenated alkanes) is 1. The van der Waals surface area contributed by atoms with Gasteiger partial charge < -0.3 is 27.4 Å². The molecule has 0 aromatic heterocycles. The molecule has 0 rings (SSSR count). The Balaban J connectivity index is 0. The lowest BCUT2D eigenvalue weighted by Crippen LogP contribution is -2.23. The van der Waals surface area contributed by atoms with Crippen molar-refractivity contribution in [1.82, 2.24) is 0 Å². The molecule has 0 saturated carbocycles. The third kappa shape index (κ3) is 25.0. The second-order valence-corrected chi connectivity index (χ2v) is 3.09. The van der Waals surface area contributed by atoms with Gasteiger partial charge in [-0.2, -0.15) is 0 Å². The Hall–Kier alpha value is -1.83. The molecule has 0 aliphatic heterocycles. The number of hydrogen-bond acceptors (Lipinski definition) is 4. The lowest BCUT2D eigenvalue weighted by atomic mass is 10.3. The fourth-order valence-electron chi connectivity index (χ4n) is 0.678. The molecule has 0 aliphatic carbocycles. The molecule has 0 fully saturated rings. The number of hydrogen-bond donors (Lipinski definition) is 5. The molecular formula is C9H20N4O4. The van der Waals surface area contributed by atoms with Crippen LogP contribution in [-0.4, -0.2) is 41.2 Å². The first-order chi connectivity index (χ1) is 7.90. The van der Waals surface area contributed by atoms with Crippen LogP contribution in [0.5, 0.6) is 0 Å². The van der Waals surface area contributed by atoms with E-state index in [1.54, 1.807) is 0 Å². The van der Waals surface area contributed by atoms with E-state index in [-0.39, 0.29) is 18.8 Å². The molecule has 0 spiro atoms. The van der Waals surface area contributed by atoms with Crippen LogP contribution in [0.25, 0.3) is 0 Å². The number of carboxylic acids is 2. The van der Waals surface area contributed by atoms with Crippen molar-refractivity contribution in [2.75, 3.05) is 13.1 Å². The van der Waals surface area contributed by atoms with Crippen molar-refractivity contribution < 1.29 is 19.8 Å². The predicted octanol–water partition coefficient (Wildman–Crippen LogP) is -1.07. The number of carboxylic acid groups (broad SMARTS) is 2. The van der Waals surface area contributed by atoms with Gasteiger partial charge >= 0.3 is 11.9 Å². The Morgan fingerprint density at radius 3 is 1.76 bits per heavy atom. The number of guanidine groups is 1. The summed E-state index contributed by atoms with van der Waals surface area (Å²) < 4.78 is 0. The lowest BCUT2D eigenvalue weighted by Gasteiger charge is -1.92. The minimum atomic E-state index is -1.08. The summed E-state index contributed by atoms with van der Waals surface area (Å²) in [4.78, 5) is 23.1. The van der Waals surface area contributed by atoms with Gasteiger partial charge in [0.15, 0.2) is 5.96 Å². The van der Waals surface area contributed by atoms with Crippen LogP contribution in [0.3, 0.4) is 0 Å². The van der Waals surface area contributed by atoms with Crippen molar-refractivity contribution >= 4 is 17.9 Å². The van der Waals surface area contributed by atoms with E-state index in [2.05, 4.69) is 4.99 Å². The summed E-state index contributed by atoms with van der Waals surface area (Å²) in [6, 6.07) is 0. The third-order valence-corrected chi connectivity index (χ3v) is 1.46. The third-order valence-electron chi connectivity index (χ3n) is 1.46. The average Bonchev–Trinajstić information content (AvgIpc) is 2.22. The molecule has 17 heavy (non-hydrogen) atoms. The van der Waals surface area contributed by atoms with Crippen molar-refractivity contribution in [1.29, 1.82) is 0 Å². The molecule has 0 heterocycles. The highest BCUT2D eigenvalue weighted by Gasteiger charge is 2.00. The van der Waals surface area contributed by atoms with Gasteiger partial charge in [-0.25, -0.2) is 0 Å². The van der Waals surface area contributed by atoms with E-state index in [4.69, 9.17) is 27.4 Å². The smallest absolute Gasteiger partial charge is 0.303 e. The molecule has 0 aliphatic rings. The maximum atomic E-state index is 9.64. The van der Waals surface area contributed by atoms with Gasteiger partial charge in [0.1, 0.15) is 0 Å². The topological polar surface area (TPSA) is 165 Å². The van der Waals surface area contributed by atoms with Crippen LogP contribution in [0.2, 0.25) is 0 Å². The van der Waals surface area contributed by atoms with E-state index in [1.807, 2.05) is 0 Å². The van der Waals surface area contributed by atoms with Crippen LogP contribution in [0.15, 0.2) is 4.99 Å². The lowest BCUT2D eigenvalue weighted by molar-refractivity contribution is -0.143. The Morgan fingerprint density at radius 1 is 1.00 bits per heavy atom. The van der Waals surface area contributed by atoms with Crippen molar-refractivity contribution in [3.63, 3.8) is 0 Å². The van der Waals surface area contributed by atoms with E-state index in [0.29, 0.717) is 13.1 Å². The maximum Gasteiger partial charge on any atom is 0.303 e. The monoisotopic (exact) mass is 248 g/mol. The van der Waals surface area contributed by atoms with Gasteiger partial charge in [0.2, 0.25) is 0 Å². The van der Waals surface area contributed by atoms with Crippen LogP contribution < -0.4 is 17.2 Å². The summed E-state index contributed by atoms with van der Waals surface area (Å²) >= 11 is 0. The van der Waals surface area contributed by atoms with Gasteiger partial charge in [0.25, 0.3) is 0 Å². The molecule has 8 nitrogen and oxygen atoms in total. The minimum absolute atomic E-state index is 0.159. The largest absolute Gasteiger partial charge is 0.481 e. The predicted molar refractivity (Wildman–Crippen MR) is 63.5 cm³/mol. The molecule has 8 heteroatoms. The highest BCUT2D eigenvalue weighted by Crippen LogP contribution is 1.86. The molecule has 0 amide bonds. The molecule has 100 valence electrons. The van der Waals surface area contributed by atoms with Crippen LogP contribution in [0.4, 0.5) is 0 Å². The van der Waals surface area contributed by atoms with E-state index in [0.717, 1.165) is 12.8 Å². The molecule has 0 saturated heterocycles. The number of aliphatic carboxylic acids is 2. The summed E-state index contributed by atoms with van der Waals surface area (Å²) in [6.07, 6.45) is 1.36. The zero-order valence-corrected chi connectivity index (χ0v) is 9.63. The second-order valence-electron chi connectivity index (χ2n) is 3.09. The quantitative estimate of drug-likeness (QED) is 0.217. The van der Waals surface area contributed by atoms with Gasteiger partial charge in [-0.3, -0.25) is 14.6 Å². The molecule has 0 aromatic carbocycles. The van der Waals surface area contributed by atoms with Crippen molar-refractivity contribution in [2.24, 2.45) is 22.2 Å². The molecule has 0 unspecified atom stereocenters. The van der Waals surface area contributed by atoms with Gasteiger partial charge in [-0.05, 0) is 19.4 Å². The van der Waals surface area contributed by atoms with E-state index in [9.17, 15) is 9.59 Å². The Morgan fingerprint density at radius 2 is 1.47 bits per heavy atom. The standard InChI is InChI=1S/C5H14N4.C4H6O4/c6-3-1-2-4-9-5(7)8;5-3(6)1-2-4(7)8/h1-4,6H2,(H4,7,8,9);1-2H2,(H,5,6)(H,7,8). The average molecular weight is 248 g/mol. The number of nitrogens with zero attached hydrogens (tertiary/aromatic N) is 1. The van der Waals surface area contributed by atoms with E-state index < -0.39 is 11.9 Å². The summed E-state index contributed by atoms with van der Waals surface area (Å²) in [5.41, 5.74) is 15.4. The van der Waals surface area contributed by atoms with E-state index in [1.165, 1.54) is 0 Å². The Labute approximate surface area is 99.5 Å². The zero-order chi connectivity index (χ0) is 13.7. The van der Waals surface area contributed by atoms with Crippen LogP contribution in [0.1, 0.15) is 25.7 Å². The fourth-order valence-corrected chi connectivity index (χ4v) is 0.678. The number of rotatable bonds is 7. The van der Waals surface area contributed by atoms with Gasteiger partial charge in [-0.1, -0.05) is 0 Å². The first-order valence-electron chi connectivity index (χ1n) is 5.09. The van der Waals surface area contributed by atoms with Gasteiger partial charge in [0.05, 0.1) is 12.8 Å². The molecule has 0 atom stereocenters. The molecular weight excluding hydrogens is 228 g/mol. The molecule has 0 aromatic rings. The first kappa shape index (κ1) is 17.6. The highest BCUT2D eigenvalue weighted by atomic mass is 16.4. The van der Waals surface area contributed by atoms with Gasteiger partial charge in [0, 0.05) is 6.54 Å². The number of carbonyl (C=O) groups is 2. The molecule has 0 bridgehead atoms. The zero-order valence-electron chi connectivity index (χ0n) is 9.63. The Kier molecular flexibility index (Phi) is 12.6. The Bertz CT molecular complexity index is 237. The van der Waals surface area contributed by atoms with Crippen molar-refractivity contribution in [3.8, 4) is 0 Å². The first-order valence-corrected chi connectivity index (χ1v) is 5.09. The van der Waals surface area contributed by atoms with Crippen LogP contribution >= 0.6 is 0 Å². The summed E-state index contributed by atoms with van der Waals surface area (Å²) in [6.45, 7) is 1.40. The molecule has 0 radical (unpaired) electrons.